The fraction of sp³-hybridized carbons (Fsp3) is 0.500. The molecule has 0 spiro atoms. The number of nitrogens with one attached hydrogen (secondary N) is 1. The van der Waals surface area contributed by atoms with Gasteiger partial charge in [0, 0.05) is 31.1 Å². The molecule has 1 unspecified atom stereocenters. The van der Waals surface area contributed by atoms with Crippen LogP contribution in [0.5, 0.6) is 5.75 Å². The van der Waals surface area contributed by atoms with Crippen molar-refractivity contribution in [2.24, 2.45) is 0 Å². The van der Waals surface area contributed by atoms with Gasteiger partial charge in [0.25, 0.3) is 5.91 Å². The van der Waals surface area contributed by atoms with Crippen molar-refractivity contribution >= 4 is 16.9 Å². The van der Waals surface area contributed by atoms with Gasteiger partial charge in [0.1, 0.15) is 17.1 Å². The number of hydrogen-bond donors (Lipinski definition) is 1. The lowest BCUT2D eigenvalue weighted by Gasteiger charge is -2.33. The molecule has 1 atom stereocenters. The number of nitrogens with zero attached hydrogens (tertiary/aromatic N) is 1. The van der Waals surface area contributed by atoms with Crippen molar-refractivity contribution in [1.29, 1.82) is 0 Å². The minimum Gasteiger partial charge on any atom is -0.497 e. The van der Waals surface area contributed by atoms with Gasteiger partial charge in [-0.1, -0.05) is 0 Å². The van der Waals surface area contributed by atoms with E-state index in [-0.39, 0.29) is 5.91 Å². The van der Waals surface area contributed by atoms with E-state index in [1.165, 1.54) is 0 Å². The molecular weight excluding hydrogens is 308 g/mol. The highest BCUT2D eigenvalue weighted by Crippen LogP contribution is 2.28. The molecule has 0 saturated carbocycles. The van der Waals surface area contributed by atoms with Gasteiger partial charge in [-0.25, -0.2) is 0 Å². The SMILES string of the molecule is COc1ccc2oc(C)c(C(=O)NCCN3CCOCC3C)c2c1. The number of morpholine rings is 1. The first-order valence-electron chi connectivity index (χ1n) is 8.27. The first-order chi connectivity index (χ1) is 11.6. The summed E-state index contributed by atoms with van der Waals surface area (Å²) in [7, 11) is 1.61. The minimum absolute atomic E-state index is 0.111. The maximum Gasteiger partial charge on any atom is 0.255 e. The summed E-state index contributed by atoms with van der Waals surface area (Å²) in [6.07, 6.45) is 0. The van der Waals surface area contributed by atoms with Crippen molar-refractivity contribution in [3.8, 4) is 5.75 Å². The Morgan fingerprint density at radius 3 is 3.04 bits per heavy atom. The molecule has 1 aromatic heterocycles. The zero-order valence-corrected chi connectivity index (χ0v) is 14.4. The van der Waals surface area contributed by atoms with E-state index in [1.54, 1.807) is 7.11 Å². The van der Waals surface area contributed by atoms with Crippen LogP contribution in [0, 0.1) is 6.92 Å². The minimum atomic E-state index is -0.111. The summed E-state index contributed by atoms with van der Waals surface area (Å²) < 4.78 is 16.4. The Hall–Kier alpha value is -2.05. The Bertz CT molecular complexity index is 725. The van der Waals surface area contributed by atoms with Crippen molar-refractivity contribution in [3.63, 3.8) is 0 Å². The van der Waals surface area contributed by atoms with Gasteiger partial charge in [-0.2, -0.15) is 0 Å². The van der Waals surface area contributed by atoms with Gasteiger partial charge in [-0.3, -0.25) is 9.69 Å². The third kappa shape index (κ3) is 3.39. The Balaban J connectivity index is 1.68. The summed E-state index contributed by atoms with van der Waals surface area (Å²) in [5.74, 6) is 1.22. The van der Waals surface area contributed by atoms with E-state index < -0.39 is 0 Å². The molecule has 2 aromatic rings. The molecule has 130 valence electrons. The molecule has 1 saturated heterocycles. The highest BCUT2D eigenvalue weighted by Gasteiger charge is 2.21. The largest absolute Gasteiger partial charge is 0.497 e. The number of benzene rings is 1. The van der Waals surface area contributed by atoms with Crippen molar-refractivity contribution in [3.05, 3.63) is 29.5 Å². The summed E-state index contributed by atoms with van der Waals surface area (Å²) in [5.41, 5.74) is 1.28. The maximum atomic E-state index is 12.6. The van der Waals surface area contributed by atoms with Crippen LogP contribution in [0.3, 0.4) is 0 Å². The molecule has 0 radical (unpaired) electrons. The van der Waals surface area contributed by atoms with Crippen molar-refractivity contribution < 1.29 is 18.7 Å². The monoisotopic (exact) mass is 332 g/mol. The van der Waals surface area contributed by atoms with Gasteiger partial charge in [0.15, 0.2) is 0 Å². The summed E-state index contributed by atoms with van der Waals surface area (Å²) in [6, 6.07) is 5.88. The quantitative estimate of drug-likeness (QED) is 0.909. The molecule has 1 amide bonds. The van der Waals surface area contributed by atoms with Crippen molar-refractivity contribution in [2.45, 2.75) is 19.9 Å². The first kappa shape index (κ1) is 16.8. The number of methoxy groups -OCH3 is 1. The maximum absolute atomic E-state index is 12.6. The highest BCUT2D eigenvalue weighted by molar-refractivity contribution is 6.07. The van der Waals surface area contributed by atoms with Crippen LogP contribution in [0.15, 0.2) is 22.6 Å². The van der Waals surface area contributed by atoms with Crippen LogP contribution in [-0.2, 0) is 4.74 Å². The predicted octanol–water partition coefficient (Wildman–Crippen LogP) is 2.20. The second-order valence-electron chi connectivity index (χ2n) is 6.11. The zero-order chi connectivity index (χ0) is 17.1. The number of carbonyl (C=O) groups is 1. The number of fused-ring (bicyclic) bond motifs is 1. The second kappa shape index (κ2) is 7.23. The molecule has 6 heteroatoms. The third-order valence-corrected chi connectivity index (χ3v) is 4.49. The van der Waals surface area contributed by atoms with E-state index in [4.69, 9.17) is 13.9 Å². The third-order valence-electron chi connectivity index (χ3n) is 4.49. The molecule has 0 bridgehead atoms. The summed E-state index contributed by atoms with van der Waals surface area (Å²) in [6.45, 7) is 7.77. The van der Waals surface area contributed by atoms with Crippen LogP contribution in [0.2, 0.25) is 0 Å². The van der Waals surface area contributed by atoms with Crippen molar-refractivity contribution in [2.75, 3.05) is 40.0 Å². The standard InChI is InChI=1S/C18H24N2O4/c1-12-11-23-9-8-20(12)7-6-19-18(21)17-13(2)24-16-5-4-14(22-3)10-15(16)17/h4-5,10,12H,6-9,11H2,1-3H3,(H,19,21). The molecule has 1 aliphatic heterocycles. The molecule has 3 rings (SSSR count). The summed E-state index contributed by atoms with van der Waals surface area (Å²) in [4.78, 5) is 14.9. The van der Waals surface area contributed by atoms with Crippen LogP contribution in [-0.4, -0.2) is 56.8 Å². The van der Waals surface area contributed by atoms with Crippen LogP contribution < -0.4 is 10.1 Å². The van der Waals surface area contributed by atoms with Gasteiger partial charge >= 0.3 is 0 Å². The molecule has 24 heavy (non-hydrogen) atoms. The van der Waals surface area contributed by atoms with Crippen LogP contribution in [0.25, 0.3) is 11.0 Å². The van der Waals surface area contributed by atoms with Crippen LogP contribution in [0.1, 0.15) is 23.0 Å². The molecule has 0 aliphatic carbocycles. The molecule has 1 aromatic carbocycles. The van der Waals surface area contributed by atoms with E-state index in [0.717, 1.165) is 31.7 Å². The van der Waals surface area contributed by atoms with Gasteiger partial charge < -0.3 is 19.2 Å². The number of amides is 1. The van der Waals surface area contributed by atoms with E-state index in [1.807, 2.05) is 25.1 Å². The Labute approximate surface area is 141 Å². The second-order valence-corrected chi connectivity index (χ2v) is 6.11. The molecule has 1 fully saturated rings. The summed E-state index contributed by atoms with van der Waals surface area (Å²) >= 11 is 0. The Kier molecular flexibility index (Phi) is 5.06. The lowest BCUT2D eigenvalue weighted by molar-refractivity contribution is 0.000541. The van der Waals surface area contributed by atoms with Crippen LogP contribution in [0.4, 0.5) is 0 Å². The Morgan fingerprint density at radius 1 is 1.46 bits per heavy atom. The number of ether oxygens (including phenoxy) is 2. The molecule has 6 nitrogen and oxygen atoms in total. The smallest absolute Gasteiger partial charge is 0.255 e. The van der Waals surface area contributed by atoms with Crippen LogP contribution >= 0.6 is 0 Å². The topological polar surface area (TPSA) is 63.9 Å². The number of furan rings is 1. The Morgan fingerprint density at radius 2 is 2.29 bits per heavy atom. The molecule has 2 heterocycles. The van der Waals surface area contributed by atoms with E-state index >= 15 is 0 Å². The van der Waals surface area contributed by atoms with E-state index in [2.05, 4.69) is 17.1 Å². The lowest BCUT2D eigenvalue weighted by Crippen LogP contribution is -2.46. The zero-order valence-electron chi connectivity index (χ0n) is 14.4. The van der Waals surface area contributed by atoms with Crippen molar-refractivity contribution in [1.82, 2.24) is 10.2 Å². The first-order valence-corrected chi connectivity index (χ1v) is 8.27. The van der Waals surface area contributed by atoms with Gasteiger partial charge in [0.2, 0.25) is 0 Å². The molecule has 1 aliphatic rings. The fourth-order valence-electron chi connectivity index (χ4n) is 3.10. The number of aryl methyl sites for hydroxylation is 1. The van der Waals surface area contributed by atoms with E-state index in [0.29, 0.717) is 35.2 Å². The van der Waals surface area contributed by atoms with Gasteiger partial charge in [-0.05, 0) is 32.0 Å². The lowest BCUT2D eigenvalue weighted by atomic mass is 10.1. The van der Waals surface area contributed by atoms with Gasteiger partial charge in [-0.15, -0.1) is 0 Å². The number of rotatable bonds is 5. The fourth-order valence-corrected chi connectivity index (χ4v) is 3.10. The van der Waals surface area contributed by atoms with Gasteiger partial charge in [0.05, 0.1) is 25.9 Å². The van der Waals surface area contributed by atoms with E-state index in [9.17, 15) is 4.79 Å². The molecule has 1 N–H and O–H groups in total. The average Bonchev–Trinajstić information content (AvgIpc) is 2.91. The number of hydrogen-bond acceptors (Lipinski definition) is 5. The average molecular weight is 332 g/mol. The highest BCUT2D eigenvalue weighted by atomic mass is 16.5. The number of carbonyl (C=O) groups excluding carboxylic acids is 1. The molecular formula is C18H24N2O4. The normalized spacial score (nSPS) is 18.7. The predicted molar refractivity (Wildman–Crippen MR) is 91.7 cm³/mol. The summed E-state index contributed by atoms with van der Waals surface area (Å²) in [5, 5.41) is 3.78.